The lowest BCUT2D eigenvalue weighted by atomic mass is 10.2. The van der Waals surface area contributed by atoms with Gasteiger partial charge in [0.2, 0.25) is 15.9 Å². The van der Waals surface area contributed by atoms with Gasteiger partial charge < -0.3 is 5.32 Å². The van der Waals surface area contributed by atoms with E-state index in [2.05, 4.69) is 15.4 Å². The molecule has 1 amide bonds. The van der Waals surface area contributed by atoms with Gasteiger partial charge in [0.1, 0.15) is 5.39 Å². The summed E-state index contributed by atoms with van der Waals surface area (Å²) in [5.41, 5.74) is 2.60. The third-order valence-corrected chi connectivity index (χ3v) is 7.56. The second-order valence-corrected chi connectivity index (χ2v) is 10.5. The Labute approximate surface area is 198 Å². The van der Waals surface area contributed by atoms with Crippen molar-refractivity contribution in [2.24, 2.45) is 5.14 Å². The molecule has 174 valence electrons. The zero-order chi connectivity index (χ0) is 24.0. The predicted molar refractivity (Wildman–Crippen MR) is 129 cm³/mol. The average molecular weight is 497 g/mol. The van der Waals surface area contributed by atoms with E-state index >= 15 is 0 Å². The number of nitrogens with two attached hydrogens (primary N) is 1. The molecule has 3 heterocycles. The van der Waals surface area contributed by atoms with Crippen LogP contribution in [-0.4, -0.2) is 39.4 Å². The number of nitrogens with zero attached hydrogens (tertiary/aromatic N) is 4. The third kappa shape index (κ3) is 4.11. The molecule has 0 saturated heterocycles. The summed E-state index contributed by atoms with van der Waals surface area (Å²) < 4.78 is 26.0. The summed E-state index contributed by atoms with van der Waals surface area (Å²) in [6.45, 7) is 2.00. The molecule has 34 heavy (non-hydrogen) atoms. The van der Waals surface area contributed by atoms with Crippen molar-refractivity contribution in [3.63, 3.8) is 0 Å². The highest BCUT2D eigenvalue weighted by atomic mass is 32.2. The topological polar surface area (TPSA) is 142 Å². The standard InChI is InChI=1S/C22H20N6O4S2/c1-13-2-6-15(7-3-13)28-20-18(11-24-28)21(30)27-16(12-33-22(27)26-20)10-19(29)25-14-4-8-17(9-5-14)34(23,31)32/h2-9,11,16H,10,12H2,1H3,(H,25,29)(H2,23,31,32). The number of sulfonamides is 1. The van der Waals surface area contributed by atoms with Crippen molar-refractivity contribution < 1.29 is 13.2 Å². The number of aromatic nitrogens is 4. The molecule has 4 aromatic rings. The summed E-state index contributed by atoms with van der Waals surface area (Å²) in [5, 5.41) is 13.1. The molecule has 0 saturated carbocycles. The van der Waals surface area contributed by atoms with Crippen LogP contribution >= 0.6 is 11.8 Å². The highest BCUT2D eigenvalue weighted by Crippen LogP contribution is 2.33. The number of rotatable bonds is 5. The number of nitrogens with one attached hydrogen (secondary N) is 1. The second kappa shape index (κ2) is 8.38. The number of aryl methyl sites for hydroxylation is 1. The van der Waals surface area contributed by atoms with Gasteiger partial charge in [-0.2, -0.15) is 5.10 Å². The molecule has 12 heteroatoms. The van der Waals surface area contributed by atoms with Crippen molar-refractivity contribution in [1.82, 2.24) is 19.3 Å². The largest absolute Gasteiger partial charge is 0.326 e. The Morgan fingerprint density at radius 3 is 2.56 bits per heavy atom. The molecule has 1 aliphatic rings. The van der Waals surface area contributed by atoms with Crippen LogP contribution in [0, 0.1) is 6.92 Å². The molecule has 0 fully saturated rings. The highest BCUT2D eigenvalue weighted by Gasteiger charge is 2.29. The Morgan fingerprint density at radius 2 is 1.88 bits per heavy atom. The van der Waals surface area contributed by atoms with Crippen LogP contribution in [0.4, 0.5) is 5.69 Å². The number of carbonyl (C=O) groups excluding carboxylic acids is 1. The minimum atomic E-state index is -3.81. The lowest BCUT2D eigenvalue weighted by Gasteiger charge is -2.13. The van der Waals surface area contributed by atoms with E-state index in [-0.39, 0.29) is 28.8 Å². The minimum absolute atomic E-state index is 0.0422. The number of fused-ring (bicyclic) bond motifs is 2. The number of primary sulfonamides is 1. The molecular weight excluding hydrogens is 476 g/mol. The van der Waals surface area contributed by atoms with Crippen molar-refractivity contribution in [3.05, 3.63) is 70.6 Å². The maximum Gasteiger partial charge on any atom is 0.265 e. The SMILES string of the molecule is Cc1ccc(-n2ncc3c(=O)n4c(nc32)SCC4CC(=O)Nc2ccc(S(N)(=O)=O)cc2)cc1. The van der Waals surface area contributed by atoms with Crippen molar-refractivity contribution in [2.75, 3.05) is 11.1 Å². The second-order valence-electron chi connectivity index (χ2n) is 7.99. The molecule has 2 aromatic heterocycles. The Kier molecular flexibility index (Phi) is 5.50. The number of hydrogen-bond donors (Lipinski definition) is 2. The molecule has 5 rings (SSSR count). The Bertz CT molecular complexity index is 1570. The molecule has 10 nitrogen and oxygen atoms in total. The van der Waals surface area contributed by atoms with Gasteiger partial charge in [0.15, 0.2) is 10.8 Å². The average Bonchev–Trinajstić information content (AvgIpc) is 3.39. The molecule has 0 bridgehead atoms. The summed E-state index contributed by atoms with van der Waals surface area (Å²) in [4.78, 5) is 30.5. The quantitative estimate of drug-likeness (QED) is 0.403. The first kappa shape index (κ1) is 22.3. The lowest BCUT2D eigenvalue weighted by Crippen LogP contribution is -2.27. The van der Waals surface area contributed by atoms with E-state index in [0.717, 1.165) is 11.3 Å². The van der Waals surface area contributed by atoms with Gasteiger partial charge in [-0.25, -0.2) is 23.2 Å². The number of anilines is 1. The van der Waals surface area contributed by atoms with E-state index in [1.165, 1.54) is 42.2 Å². The van der Waals surface area contributed by atoms with Crippen LogP contribution in [0.15, 0.2) is 69.6 Å². The van der Waals surface area contributed by atoms with Crippen LogP contribution in [0.3, 0.4) is 0 Å². The van der Waals surface area contributed by atoms with E-state index in [1.54, 1.807) is 9.25 Å². The Hall–Kier alpha value is -3.48. The van der Waals surface area contributed by atoms with Gasteiger partial charge in [-0.1, -0.05) is 29.5 Å². The summed E-state index contributed by atoms with van der Waals surface area (Å²) in [6, 6.07) is 13.0. The van der Waals surface area contributed by atoms with Gasteiger partial charge in [0, 0.05) is 17.9 Å². The van der Waals surface area contributed by atoms with Gasteiger partial charge in [-0.3, -0.25) is 14.2 Å². The van der Waals surface area contributed by atoms with E-state index in [1.807, 2.05) is 31.2 Å². The number of thioether (sulfide) groups is 1. The first-order chi connectivity index (χ1) is 16.2. The predicted octanol–water partition coefficient (Wildman–Crippen LogP) is 2.21. The molecule has 0 spiro atoms. The smallest absolute Gasteiger partial charge is 0.265 e. The van der Waals surface area contributed by atoms with Crippen LogP contribution in [0.2, 0.25) is 0 Å². The van der Waals surface area contributed by atoms with Crippen molar-refractivity contribution >= 4 is 44.4 Å². The fourth-order valence-corrected chi connectivity index (χ4v) is 5.46. The molecule has 0 radical (unpaired) electrons. The molecule has 3 N–H and O–H groups in total. The molecule has 0 aliphatic carbocycles. The van der Waals surface area contributed by atoms with Crippen LogP contribution in [0.5, 0.6) is 0 Å². The van der Waals surface area contributed by atoms with Crippen LogP contribution in [-0.2, 0) is 14.8 Å². The van der Waals surface area contributed by atoms with E-state index in [4.69, 9.17) is 5.14 Å². The summed E-state index contributed by atoms with van der Waals surface area (Å²) >= 11 is 1.42. The van der Waals surface area contributed by atoms with E-state index in [0.29, 0.717) is 27.6 Å². The fourth-order valence-electron chi connectivity index (χ4n) is 3.81. The third-order valence-electron chi connectivity index (χ3n) is 5.54. The molecule has 1 atom stereocenters. The molecule has 2 aromatic carbocycles. The van der Waals surface area contributed by atoms with Crippen molar-refractivity contribution in [2.45, 2.75) is 29.4 Å². The number of benzene rings is 2. The zero-order valence-electron chi connectivity index (χ0n) is 18.0. The first-order valence-electron chi connectivity index (χ1n) is 10.3. The van der Waals surface area contributed by atoms with Crippen molar-refractivity contribution in [3.8, 4) is 5.69 Å². The van der Waals surface area contributed by atoms with E-state index in [9.17, 15) is 18.0 Å². The summed E-state index contributed by atoms with van der Waals surface area (Å²) in [6.07, 6.45) is 1.57. The first-order valence-corrected chi connectivity index (χ1v) is 12.9. The Morgan fingerprint density at radius 1 is 1.18 bits per heavy atom. The zero-order valence-corrected chi connectivity index (χ0v) is 19.6. The monoisotopic (exact) mass is 496 g/mol. The lowest BCUT2D eigenvalue weighted by molar-refractivity contribution is -0.116. The van der Waals surface area contributed by atoms with Gasteiger partial charge >= 0.3 is 0 Å². The summed E-state index contributed by atoms with van der Waals surface area (Å²) in [7, 11) is -3.81. The maximum atomic E-state index is 13.3. The Balaban J connectivity index is 1.38. The normalized spacial score (nSPS) is 15.4. The van der Waals surface area contributed by atoms with Crippen molar-refractivity contribution in [1.29, 1.82) is 0 Å². The highest BCUT2D eigenvalue weighted by molar-refractivity contribution is 7.99. The van der Waals surface area contributed by atoms with Gasteiger partial charge in [-0.15, -0.1) is 0 Å². The van der Waals surface area contributed by atoms with Gasteiger partial charge in [-0.05, 0) is 43.3 Å². The minimum Gasteiger partial charge on any atom is -0.326 e. The number of carbonyl (C=O) groups is 1. The number of amides is 1. The molecular formula is C22H20N6O4S2. The van der Waals surface area contributed by atoms with Crippen LogP contribution < -0.4 is 16.0 Å². The fraction of sp³-hybridized carbons (Fsp3) is 0.182. The van der Waals surface area contributed by atoms with Crippen LogP contribution in [0.1, 0.15) is 18.0 Å². The maximum absolute atomic E-state index is 13.3. The molecule has 1 unspecified atom stereocenters. The summed E-state index contributed by atoms with van der Waals surface area (Å²) in [5.74, 6) is 0.231. The van der Waals surface area contributed by atoms with Gasteiger partial charge in [0.25, 0.3) is 5.56 Å². The number of hydrogen-bond acceptors (Lipinski definition) is 7. The molecule has 1 aliphatic heterocycles. The van der Waals surface area contributed by atoms with Gasteiger partial charge in [0.05, 0.1) is 22.8 Å². The van der Waals surface area contributed by atoms with E-state index < -0.39 is 10.0 Å². The van der Waals surface area contributed by atoms with Crippen LogP contribution in [0.25, 0.3) is 16.7 Å².